The second-order valence-corrected chi connectivity index (χ2v) is 4.20. The minimum atomic E-state index is 0.475. The highest BCUT2D eigenvalue weighted by Gasteiger charge is 1.56. The molecular weight excluding hydrogens is 183 g/mol. The maximum absolute atomic E-state index is 3.97. The molecule has 0 aliphatic carbocycles. The molecule has 0 aliphatic heterocycles. The number of halogens is 1. The van der Waals surface area contributed by atoms with Crippen LogP contribution < -0.4 is 0 Å². The molecule has 0 heterocycles. The molecule has 0 spiro atoms. The van der Waals surface area contributed by atoms with Crippen molar-refractivity contribution >= 4 is 33.8 Å². The Bertz CT molecular complexity index is 8.00. The second-order valence-electron chi connectivity index (χ2n) is 0.387. The topological polar surface area (TPSA) is 0 Å². The van der Waals surface area contributed by atoms with Crippen molar-refractivity contribution in [3.63, 3.8) is 0 Å². The summed E-state index contributed by atoms with van der Waals surface area (Å²) in [6, 6.07) is 0. The van der Waals surface area contributed by atoms with E-state index in [2.05, 4.69) is 17.6 Å². The van der Waals surface area contributed by atoms with Gasteiger partial charge in [-0.2, -0.15) is 12.6 Å². The van der Waals surface area contributed by atoms with Crippen molar-refractivity contribution in [1.82, 2.24) is 0 Å². The molecule has 0 nitrogen and oxygen atoms in total. The molecule has 0 N–H and O–H groups in total. The fraction of sp³-hybridized carbons (Fsp3) is 1.00. The van der Waals surface area contributed by atoms with Gasteiger partial charge >= 0.3 is 0 Å². The van der Waals surface area contributed by atoms with Crippen molar-refractivity contribution in [3.05, 3.63) is 0 Å². The average molecular weight is 189 g/mol. The van der Waals surface area contributed by atoms with Gasteiger partial charge in [-0.05, 0) is 4.93 Å². The van der Waals surface area contributed by atoms with Crippen LogP contribution in [0.15, 0.2) is 0 Å². The first-order valence-electron chi connectivity index (χ1n) is 0.961. The molecule has 0 atom stereocenters. The van der Waals surface area contributed by atoms with Crippen LogP contribution in [-0.4, -0.2) is 8.69 Å². The van der Waals surface area contributed by atoms with E-state index in [0.29, 0.717) is 21.2 Å². The van der Waals surface area contributed by atoms with Crippen molar-refractivity contribution in [3.8, 4) is 0 Å². The molecule has 1 radical (unpaired) electrons. The van der Waals surface area contributed by atoms with Crippen LogP contribution in [0.2, 0.25) is 0 Å². The summed E-state index contributed by atoms with van der Waals surface area (Å²) < 4.78 is 1.12. The summed E-state index contributed by atoms with van der Waals surface area (Å²) in [6.07, 6.45) is 0. The van der Waals surface area contributed by atoms with E-state index in [4.69, 9.17) is 0 Å². The number of hydrogen-bond acceptors (Lipinski definition) is 1. The molecule has 0 fully saturated rings. The lowest BCUT2D eigenvalue weighted by atomic mass is 12.0. The molecule has 0 aromatic carbocycles. The van der Waals surface area contributed by atoms with Crippen molar-refractivity contribution in [1.29, 1.82) is 0 Å². The highest BCUT2D eigenvalue weighted by atomic mass is 127. The molecule has 4 heavy (non-hydrogen) atoms. The summed E-state index contributed by atoms with van der Waals surface area (Å²) in [6.45, 7) is 0. The van der Waals surface area contributed by atoms with Crippen molar-refractivity contribution < 1.29 is 0 Å². The zero-order chi connectivity index (χ0) is 3.41. The van der Waals surface area contributed by atoms with Crippen LogP contribution in [0.25, 0.3) is 0 Å². The van der Waals surface area contributed by atoms with E-state index in [9.17, 15) is 0 Å². The first kappa shape index (κ1) is 5.08. The highest BCUT2D eigenvalue weighted by molar-refractivity contribution is 14.2. The van der Waals surface area contributed by atoms with E-state index in [1.807, 2.05) is 0 Å². The fourth-order valence-corrected chi connectivity index (χ4v) is 0. The van der Waals surface area contributed by atoms with E-state index in [0.717, 1.165) is 3.76 Å². The van der Waals surface area contributed by atoms with Gasteiger partial charge in [0, 0.05) is 3.76 Å². The van der Waals surface area contributed by atoms with Crippen LogP contribution in [0.1, 0.15) is 0 Å². The van der Waals surface area contributed by atoms with E-state index in [-0.39, 0.29) is 0 Å². The van der Waals surface area contributed by atoms with Crippen LogP contribution in [0.5, 0.6) is 0 Å². The molecule has 0 aliphatic rings. The molecule has 0 bridgehead atoms. The Balaban J connectivity index is 1.97. The Kier molecular flexibility index (Phi) is 5.18. The lowest BCUT2D eigenvalue weighted by Gasteiger charge is -1.69. The van der Waals surface area contributed by atoms with Crippen LogP contribution >= 0.6 is 33.8 Å². The molecule has 0 rings (SSSR count). The standard InChI is InChI=1S/C2H6IS/c1-3-2-4/h4H,2H2,1H3. The number of alkyl halides is 2. The normalized spacial score (nSPS) is 7.50. The minimum absolute atomic E-state index is 0.475. The highest BCUT2D eigenvalue weighted by Crippen LogP contribution is 2.01. The molecule has 0 saturated carbocycles. The van der Waals surface area contributed by atoms with Crippen LogP contribution in [0.3, 0.4) is 0 Å². The van der Waals surface area contributed by atoms with Crippen molar-refractivity contribution in [2.75, 3.05) is 8.69 Å². The van der Waals surface area contributed by atoms with Gasteiger partial charge in [0.15, 0.2) is 0 Å². The van der Waals surface area contributed by atoms with Gasteiger partial charge in [0.1, 0.15) is 0 Å². The van der Waals surface area contributed by atoms with E-state index in [1.165, 1.54) is 0 Å². The number of hydrogen-bond donors (Lipinski definition) is 1. The molecule has 0 unspecified atom stereocenters. The molecule has 2 heteroatoms. The Morgan fingerprint density at radius 3 is 2.25 bits per heavy atom. The number of rotatable bonds is 1. The second kappa shape index (κ2) is 4.08. The van der Waals surface area contributed by atoms with Gasteiger partial charge in [-0.15, -0.1) is 21.2 Å². The lowest BCUT2D eigenvalue weighted by Crippen LogP contribution is -1.39. The van der Waals surface area contributed by atoms with Gasteiger partial charge in [-0.1, -0.05) is 0 Å². The van der Waals surface area contributed by atoms with Gasteiger partial charge in [-0.25, -0.2) is 0 Å². The van der Waals surface area contributed by atoms with Crippen molar-refractivity contribution in [2.45, 2.75) is 0 Å². The zero-order valence-corrected chi connectivity index (χ0v) is 5.58. The van der Waals surface area contributed by atoms with Crippen LogP contribution in [0.4, 0.5) is 0 Å². The van der Waals surface area contributed by atoms with E-state index in [1.54, 1.807) is 0 Å². The number of thiol groups is 1. The molecule has 0 aromatic heterocycles. The third-order valence-electron chi connectivity index (χ3n) is 0.120. The first-order valence-corrected chi connectivity index (χ1v) is 5.28. The molecule has 27 valence electrons. The van der Waals surface area contributed by atoms with Gasteiger partial charge in [0.2, 0.25) is 0 Å². The minimum Gasteiger partial charge on any atom is -0.169 e. The predicted octanol–water partition coefficient (Wildman–Crippen LogP) is 1.47. The van der Waals surface area contributed by atoms with E-state index >= 15 is 0 Å². The smallest absolute Gasteiger partial charge is 0.0337 e. The van der Waals surface area contributed by atoms with Crippen LogP contribution in [-0.2, 0) is 0 Å². The fourth-order valence-electron chi connectivity index (χ4n) is 0. The maximum Gasteiger partial charge on any atom is 0.0337 e. The largest absolute Gasteiger partial charge is 0.169 e. The molecule has 0 saturated heterocycles. The lowest BCUT2D eigenvalue weighted by molar-refractivity contribution is 2.44. The van der Waals surface area contributed by atoms with Gasteiger partial charge in [0.05, 0.1) is 0 Å². The molecule has 0 amide bonds. The quantitative estimate of drug-likeness (QED) is 0.360. The first-order chi connectivity index (χ1) is 1.91. The van der Waals surface area contributed by atoms with Gasteiger partial charge in [0.25, 0.3) is 0 Å². The van der Waals surface area contributed by atoms with Gasteiger partial charge in [-0.3, -0.25) is 0 Å². The zero-order valence-electron chi connectivity index (χ0n) is 2.53. The Hall–Kier alpha value is 1.08. The SMILES string of the molecule is C[I]CS. The summed E-state index contributed by atoms with van der Waals surface area (Å²) in [4.78, 5) is 2.21. The Morgan fingerprint density at radius 1 is 2.00 bits per heavy atom. The van der Waals surface area contributed by atoms with E-state index < -0.39 is 0 Å². The summed E-state index contributed by atoms with van der Waals surface area (Å²) in [7, 11) is 0. The molecular formula is C2H6IS. The Morgan fingerprint density at radius 2 is 2.25 bits per heavy atom. The summed E-state index contributed by atoms with van der Waals surface area (Å²) >= 11 is 4.44. The summed E-state index contributed by atoms with van der Waals surface area (Å²) in [5.41, 5.74) is 0. The summed E-state index contributed by atoms with van der Waals surface area (Å²) in [5.74, 6) is 0. The average Bonchev–Trinajstić information content (AvgIpc) is 1.37. The summed E-state index contributed by atoms with van der Waals surface area (Å²) in [5, 5.41) is 0. The van der Waals surface area contributed by atoms with Crippen molar-refractivity contribution in [2.24, 2.45) is 0 Å². The third kappa shape index (κ3) is 3.08. The Labute approximate surface area is 42.6 Å². The monoisotopic (exact) mass is 189 g/mol. The van der Waals surface area contributed by atoms with Crippen LogP contribution in [0, 0.1) is 0 Å². The molecule has 0 aromatic rings. The van der Waals surface area contributed by atoms with Gasteiger partial charge < -0.3 is 0 Å². The third-order valence-corrected chi connectivity index (χ3v) is 2.41. The maximum atomic E-state index is 3.97. The predicted molar refractivity (Wildman–Crippen MR) is 33.8 cm³/mol.